The van der Waals surface area contributed by atoms with Crippen LogP contribution in [-0.4, -0.2) is 42.3 Å². The number of aromatic amines is 2. The smallest absolute Gasteiger partial charge is 0.257 e. The number of aromatic nitrogens is 5. The van der Waals surface area contributed by atoms with Crippen molar-refractivity contribution in [2.75, 3.05) is 6.54 Å². The predicted octanol–water partition coefficient (Wildman–Crippen LogP) is 2.91. The number of nitrogens with one attached hydrogen (secondary N) is 2. The minimum Gasteiger partial charge on any atom is -0.404 e. The van der Waals surface area contributed by atoms with Gasteiger partial charge in [-0.2, -0.15) is 0 Å². The summed E-state index contributed by atoms with van der Waals surface area (Å²) in [7, 11) is 0. The summed E-state index contributed by atoms with van der Waals surface area (Å²) in [4.78, 5) is 32.8. The highest BCUT2D eigenvalue weighted by Gasteiger charge is 2.25. The van der Waals surface area contributed by atoms with Crippen molar-refractivity contribution in [3.8, 4) is 0 Å². The van der Waals surface area contributed by atoms with Crippen LogP contribution in [0.1, 0.15) is 17.1 Å². The summed E-state index contributed by atoms with van der Waals surface area (Å²) in [6, 6.07) is 11.0. The fourth-order valence-corrected chi connectivity index (χ4v) is 3.42. The van der Waals surface area contributed by atoms with Crippen molar-refractivity contribution in [2.45, 2.75) is 13.0 Å². The van der Waals surface area contributed by atoms with E-state index in [1.54, 1.807) is 35.9 Å². The minimum atomic E-state index is -0.105. The van der Waals surface area contributed by atoms with Gasteiger partial charge in [-0.25, -0.2) is 9.97 Å². The van der Waals surface area contributed by atoms with Crippen molar-refractivity contribution in [3.05, 3.63) is 83.6 Å². The lowest BCUT2D eigenvalue weighted by atomic mass is 10.1. The van der Waals surface area contributed by atoms with Crippen LogP contribution in [0.25, 0.3) is 16.6 Å². The number of hydrogen-bond acceptors (Lipinski definition) is 5. The first-order chi connectivity index (χ1) is 14.7. The van der Waals surface area contributed by atoms with Crippen LogP contribution in [-0.2, 0) is 17.8 Å². The third kappa shape index (κ3) is 4.18. The lowest BCUT2D eigenvalue weighted by molar-refractivity contribution is -0.126. The fourth-order valence-electron chi connectivity index (χ4n) is 3.25. The number of benzene rings is 1. The molecule has 30 heavy (non-hydrogen) atoms. The normalized spacial score (nSPS) is 13.5. The third-order valence-corrected chi connectivity index (χ3v) is 5.02. The van der Waals surface area contributed by atoms with Crippen LogP contribution in [0.2, 0.25) is 5.02 Å². The highest BCUT2D eigenvalue weighted by atomic mass is 35.5. The molecule has 1 aliphatic heterocycles. The molecule has 0 fully saturated rings. The van der Waals surface area contributed by atoms with Crippen molar-refractivity contribution < 1.29 is 4.79 Å². The third-order valence-electron chi connectivity index (χ3n) is 4.78. The molecule has 4 heterocycles. The summed E-state index contributed by atoms with van der Waals surface area (Å²) in [5.74, 6) is -0.105. The zero-order chi connectivity index (χ0) is 20.9. The van der Waals surface area contributed by atoms with Crippen LogP contribution in [0.3, 0.4) is 0 Å². The lowest BCUT2D eigenvalue weighted by Gasteiger charge is -2.27. The molecule has 5 rings (SSSR count). The van der Waals surface area contributed by atoms with E-state index in [1.807, 2.05) is 24.3 Å². The summed E-state index contributed by atoms with van der Waals surface area (Å²) < 4.78 is 0. The van der Waals surface area contributed by atoms with Crippen LogP contribution in [0.5, 0.6) is 0 Å². The van der Waals surface area contributed by atoms with E-state index in [0.717, 1.165) is 33.9 Å². The number of rotatable bonds is 2. The van der Waals surface area contributed by atoms with Crippen LogP contribution >= 0.6 is 11.6 Å². The van der Waals surface area contributed by atoms with Crippen LogP contribution in [0, 0.1) is 0 Å². The Morgan fingerprint density at radius 1 is 1.13 bits per heavy atom. The van der Waals surface area contributed by atoms with E-state index in [-0.39, 0.29) is 5.91 Å². The topological polar surface area (TPSA) is 117 Å². The lowest BCUT2D eigenvalue weighted by Crippen LogP contribution is -2.36. The number of fused-ring (bicyclic) bond motifs is 2. The molecule has 0 atom stereocenters. The first-order valence-electron chi connectivity index (χ1n) is 9.38. The number of H-pyrrole nitrogens is 2. The van der Waals surface area contributed by atoms with Gasteiger partial charge in [0, 0.05) is 30.4 Å². The molecule has 1 amide bonds. The summed E-state index contributed by atoms with van der Waals surface area (Å²) in [5.41, 5.74) is 10.6. The molecule has 0 aliphatic carbocycles. The first kappa shape index (κ1) is 19.7. The molecule has 0 radical (unpaired) electrons. The number of halogens is 1. The van der Waals surface area contributed by atoms with E-state index >= 15 is 0 Å². The Kier molecular flexibility index (Phi) is 5.76. The summed E-state index contributed by atoms with van der Waals surface area (Å²) in [6.07, 6.45) is 7.05. The van der Waals surface area contributed by atoms with E-state index in [2.05, 4.69) is 24.9 Å². The molecule has 0 saturated heterocycles. The molecule has 3 aromatic heterocycles. The second kappa shape index (κ2) is 8.79. The molecule has 0 saturated carbocycles. The average molecular weight is 422 g/mol. The SMILES string of the molecule is Clc1ccc2nc[nH]c2c1.N/C=C(/C(=O)N1CCc2nc[nH]c2C1)c1ccccn1. The van der Waals surface area contributed by atoms with E-state index in [9.17, 15) is 4.79 Å². The number of carbonyl (C=O) groups excluding carboxylic acids is 1. The molecule has 152 valence electrons. The standard InChI is InChI=1S/C14H15N5O.C7H5ClN2/c15-7-10(11-3-1-2-5-16-11)14(20)19-6-4-12-13(8-19)18-9-17-12;8-5-1-2-6-7(3-5)10-4-9-6/h1-3,5,7,9H,4,6,8,15H2,(H,17,18);1-4H,(H,9,10)/b10-7+;. The maximum atomic E-state index is 12.6. The Labute approximate surface area is 177 Å². The second-order valence-corrected chi connectivity index (χ2v) is 7.10. The van der Waals surface area contributed by atoms with Gasteiger partial charge in [0.1, 0.15) is 0 Å². The number of nitrogens with two attached hydrogens (primary N) is 1. The van der Waals surface area contributed by atoms with E-state index in [0.29, 0.717) is 24.4 Å². The highest BCUT2D eigenvalue weighted by Crippen LogP contribution is 2.20. The van der Waals surface area contributed by atoms with Crippen molar-refractivity contribution >= 4 is 34.1 Å². The molecular formula is C21H20ClN7O. The number of amides is 1. The summed E-state index contributed by atoms with van der Waals surface area (Å²) in [6.45, 7) is 1.17. The van der Waals surface area contributed by atoms with Gasteiger partial charge in [0.05, 0.1) is 52.9 Å². The van der Waals surface area contributed by atoms with Gasteiger partial charge in [-0.05, 0) is 30.3 Å². The fraction of sp³-hybridized carbons (Fsp3) is 0.143. The number of hydrogen-bond donors (Lipinski definition) is 3. The van der Waals surface area contributed by atoms with Gasteiger partial charge in [0.2, 0.25) is 0 Å². The Morgan fingerprint density at radius 3 is 2.80 bits per heavy atom. The molecule has 1 aliphatic rings. The van der Waals surface area contributed by atoms with Gasteiger partial charge in [-0.3, -0.25) is 9.78 Å². The van der Waals surface area contributed by atoms with Crippen molar-refractivity contribution in [1.82, 2.24) is 29.8 Å². The molecule has 0 spiro atoms. The zero-order valence-corrected chi connectivity index (χ0v) is 16.8. The Hall–Kier alpha value is -3.65. The molecule has 4 N–H and O–H groups in total. The van der Waals surface area contributed by atoms with Gasteiger partial charge in [-0.1, -0.05) is 17.7 Å². The average Bonchev–Trinajstić information content (AvgIpc) is 3.43. The Balaban J connectivity index is 0.000000181. The van der Waals surface area contributed by atoms with Gasteiger partial charge in [0.25, 0.3) is 5.91 Å². The molecule has 4 aromatic rings. The van der Waals surface area contributed by atoms with E-state index < -0.39 is 0 Å². The van der Waals surface area contributed by atoms with Crippen LogP contribution < -0.4 is 5.73 Å². The summed E-state index contributed by atoms with van der Waals surface area (Å²) in [5, 5.41) is 0.733. The predicted molar refractivity (Wildman–Crippen MR) is 115 cm³/mol. The van der Waals surface area contributed by atoms with Crippen molar-refractivity contribution in [1.29, 1.82) is 0 Å². The number of carbonyl (C=O) groups is 1. The quantitative estimate of drug-likeness (QED) is 0.430. The van der Waals surface area contributed by atoms with Gasteiger partial charge in [0.15, 0.2) is 0 Å². The molecule has 8 nitrogen and oxygen atoms in total. The molecule has 0 unspecified atom stereocenters. The zero-order valence-electron chi connectivity index (χ0n) is 16.0. The van der Waals surface area contributed by atoms with Crippen LogP contribution in [0.4, 0.5) is 0 Å². The second-order valence-electron chi connectivity index (χ2n) is 6.66. The Bertz CT molecular complexity index is 1180. The maximum Gasteiger partial charge on any atom is 0.257 e. The highest BCUT2D eigenvalue weighted by molar-refractivity contribution is 6.31. The van der Waals surface area contributed by atoms with Gasteiger partial charge in [-0.15, -0.1) is 0 Å². The molecule has 9 heteroatoms. The molecular weight excluding hydrogens is 402 g/mol. The van der Waals surface area contributed by atoms with Crippen molar-refractivity contribution in [2.24, 2.45) is 5.73 Å². The van der Waals surface area contributed by atoms with Crippen molar-refractivity contribution in [3.63, 3.8) is 0 Å². The van der Waals surface area contributed by atoms with E-state index in [4.69, 9.17) is 17.3 Å². The Morgan fingerprint density at radius 2 is 2.00 bits per heavy atom. The number of nitrogens with zero attached hydrogens (tertiary/aromatic N) is 4. The number of imidazole rings is 2. The van der Waals surface area contributed by atoms with Gasteiger partial charge >= 0.3 is 0 Å². The number of pyridine rings is 1. The van der Waals surface area contributed by atoms with E-state index in [1.165, 1.54) is 6.20 Å². The maximum absolute atomic E-state index is 12.6. The van der Waals surface area contributed by atoms with Crippen LogP contribution in [0.15, 0.2) is 61.4 Å². The van der Waals surface area contributed by atoms with Gasteiger partial charge < -0.3 is 20.6 Å². The first-order valence-corrected chi connectivity index (χ1v) is 9.76. The molecule has 1 aromatic carbocycles. The largest absolute Gasteiger partial charge is 0.404 e. The molecule has 0 bridgehead atoms. The minimum absolute atomic E-state index is 0.105. The monoisotopic (exact) mass is 421 g/mol. The summed E-state index contributed by atoms with van der Waals surface area (Å²) >= 11 is 5.73.